The Hall–Kier alpha value is -2.70. The molecule has 1 amide bonds. The molecule has 0 radical (unpaired) electrons. The molecule has 6 nitrogen and oxygen atoms in total. The normalized spacial score (nSPS) is 10.2. The second-order valence-electron chi connectivity index (χ2n) is 4.91. The van der Waals surface area contributed by atoms with Gasteiger partial charge >= 0.3 is 0 Å². The Bertz CT molecular complexity index is 660. The molecule has 0 saturated heterocycles. The Kier molecular flexibility index (Phi) is 5.85. The molecule has 0 aliphatic heterocycles. The quantitative estimate of drug-likeness (QED) is 0.682. The van der Waals surface area contributed by atoms with Crippen molar-refractivity contribution in [2.24, 2.45) is 0 Å². The van der Waals surface area contributed by atoms with E-state index in [1.54, 1.807) is 0 Å². The second-order valence-corrected chi connectivity index (χ2v) is 4.91. The van der Waals surface area contributed by atoms with Crippen molar-refractivity contribution in [3.63, 3.8) is 0 Å². The van der Waals surface area contributed by atoms with E-state index in [9.17, 15) is 9.18 Å². The number of halogens is 1. The SMILES string of the molecule is CCNc1cc(NCCNC(=O)c2ccc(F)cc2)nc(C)n1. The van der Waals surface area contributed by atoms with Gasteiger partial charge in [-0.25, -0.2) is 14.4 Å². The van der Waals surface area contributed by atoms with E-state index in [0.29, 0.717) is 30.3 Å². The molecule has 2 rings (SSSR count). The minimum absolute atomic E-state index is 0.237. The monoisotopic (exact) mass is 317 g/mol. The Balaban J connectivity index is 1.81. The summed E-state index contributed by atoms with van der Waals surface area (Å²) in [4.78, 5) is 20.4. The molecule has 0 aliphatic carbocycles. The molecule has 23 heavy (non-hydrogen) atoms. The third kappa shape index (κ3) is 5.21. The summed E-state index contributed by atoms with van der Waals surface area (Å²) in [6.45, 7) is 5.55. The highest BCUT2D eigenvalue weighted by Crippen LogP contribution is 2.10. The standard InChI is InChI=1S/C16H20FN5O/c1-3-18-14-10-15(22-11(2)21-14)19-8-9-20-16(23)12-4-6-13(17)7-5-12/h4-7,10H,3,8-9H2,1-2H3,(H,20,23)(H2,18,19,21,22). The van der Waals surface area contributed by atoms with Crippen LogP contribution in [0.1, 0.15) is 23.1 Å². The molecule has 1 aromatic heterocycles. The summed E-state index contributed by atoms with van der Waals surface area (Å²) in [6, 6.07) is 7.25. The molecule has 3 N–H and O–H groups in total. The summed E-state index contributed by atoms with van der Waals surface area (Å²) >= 11 is 0. The van der Waals surface area contributed by atoms with Crippen LogP contribution in [0.15, 0.2) is 30.3 Å². The van der Waals surface area contributed by atoms with Gasteiger partial charge in [-0.15, -0.1) is 0 Å². The zero-order chi connectivity index (χ0) is 16.7. The molecule has 1 heterocycles. The molecule has 0 saturated carbocycles. The lowest BCUT2D eigenvalue weighted by molar-refractivity contribution is 0.0955. The van der Waals surface area contributed by atoms with Gasteiger partial charge in [-0.1, -0.05) is 0 Å². The Morgan fingerprint density at radius 1 is 1.09 bits per heavy atom. The molecule has 7 heteroatoms. The predicted octanol–water partition coefficient (Wildman–Crippen LogP) is 2.20. The first-order chi connectivity index (χ1) is 11.1. The molecular formula is C16H20FN5O. The van der Waals surface area contributed by atoms with Gasteiger partial charge in [0.1, 0.15) is 23.3 Å². The molecule has 0 fully saturated rings. The fourth-order valence-corrected chi connectivity index (χ4v) is 2.00. The zero-order valence-electron chi connectivity index (χ0n) is 13.2. The van der Waals surface area contributed by atoms with Crippen LogP contribution in [0.25, 0.3) is 0 Å². The van der Waals surface area contributed by atoms with Crippen LogP contribution < -0.4 is 16.0 Å². The van der Waals surface area contributed by atoms with Crippen LogP contribution in [-0.4, -0.2) is 35.5 Å². The van der Waals surface area contributed by atoms with Crippen molar-refractivity contribution < 1.29 is 9.18 Å². The molecule has 0 spiro atoms. The zero-order valence-corrected chi connectivity index (χ0v) is 13.2. The Morgan fingerprint density at radius 3 is 2.39 bits per heavy atom. The van der Waals surface area contributed by atoms with Crippen LogP contribution in [0.5, 0.6) is 0 Å². The van der Waals surface area contributed by atoms with Crippen molar-refractivity contribution in [1.82, 2.24) is 15.3 Å². The lowest BCUT2D eigenvalue weighted by Crippen LogP contribution is -2.28. The molecule has 0 aliphatic rings. The van der Waals surface area contributed by atoms with Crippen molar-refractivity contribution in [2.75, 3.05) is 30.3 Å². The fraction of sp³-hybridized carbons (Fsp3) is 0.312. The summed E-state index contributed by atoms with van der Waals surface area (Å²) in [5.41, 5.74) is 0.429. The van der Waals surface area contributed by atoms with E-state index >= 15 is 0 Å². The van der Waals surface area contributed by atoms with Crippen molar-refractivity contribution in [3.05, 3.63) is 47.5 Å². The van der Waals surface area contributed by atoms with Crippen LogP contribution in [-0.2, 0) is 0 Å². The van der Waals surface area contributed by atoms with Crippen molar-refractivity contribution >= 4 is 17.5 Å². The highest BCUT2D eigenvalue weighted by Gasteiger charge is 2.05. The van der Waals surface area contributed by atoms with Gasteiger partial charge in [-0.3, -0.25) is 4.79 Å². The molecular weight excluding hydrogens is 297 g/mol. The van der Waals surface area contributed by atoms with Crippen LogP contribution >= 0.6 is 0 Å². The molecule has 1 aromatic carbocycles. The van der Waals surface area contributed by atoms with Crippen molar-refractivity contribution in [2.45, 2.75) is 13.8 Å². The average Bonchev–Trinajstić information content (AvgIpc) is 2.52. The summed E-state index contributed by atoms with van der Waals surface area (Å²) in [5, 5.41) is 9.03. The molecule has 122 valence electrons. The summed E-state index contributed by atoms with van der Waals surface area (Å²) < 4.78 is 12.8. The van der Waals surface area contributed by atoms with Crippen molar-refractivity contribution in [1.29, 1.82) is 0 Å². The first-order valence-electron chi connectivity index (χ1n) is 7.45. The number of hydrogen-bond donors (Lipinski definition) is 3. The number of amides is 1. The third-order valence-corrected chi connectivity index (χ3v) is 3.02. The van der Waals surface area contributed by atoms with Gasteiger partial charge < -0.3 is 16.0 Å². The minimum Gasteiger partial charge on any atom is -0.370 e. The van der Waals surface area contributed by atoms with E-state index in [0.717, 1.165) is 12.4 Å². The van der Waals surface area contributed by atoms with E-state index in [-0.39, 0.29) is 11.7 Å². The number of anilines is 2. The minimum atomic E-state index is -0.362. The number of aromatic nitrogens is 2. The van der Waals surface area contributed by atoms with Gasteiger partial charge in [0.2, 0.25) is 0 Å². The summed E-state index contributed by atoms with van der Waals surface area (Å²) in [6.07, 6.45) is 0. The van der Waals surface area contributed by atoms with Crippen molar-refractivity contribution in [3.8, 4) is 0 Å². The number of carbonyl (C=O) groups is 1. The fourth-order valence-electron chi connectivity index (χ4n) is 2.00. The van der Waals surface area contributed by atoms with Crippen LogP contribution in [0, 0.1) is 12.7 Å². The second kappa shape index (κ2) is 8.07. The van der Waals surface area contributed by atoms with Gasteiger partial charge in [0.15, 0.2) is 0 Å². The number of nitrogens with zero attached hydrogens (tertiary/aromatic N) is 2. The maximum atomic E-state index is 12.8. The number of aryl methyl sites for hydroxylation is 1. The van der Waals surface area contributed by atoms with Gasteiger partial charge in [0.25, 0.3) is 5.91 Å². The van der Waals surface area contributed by atoms with E-state index in [1.807, 2.05) is 19.9 Å². The Labute approximate surface area is 134 Å². The Morgan fingerprint density at radius 2 is 1.74 bits per heavy atom. The first kappa shape index (κ1) is 16.7. The van der Waals surface area contributed by atoms with Crippen LogP contribution in [0.4, 0.5) is 16.0 Å². The average molecular weight is 317 g/mol. The predicted molar refractivity (Wildman–Crippen MR) is 88.2 cm³/mol. The maximum absolute atomic E-state index is 12.8. The van der Waals surface area contributed by atoms with E-state index < -0.39 is 0 Å². The van der Waals surface area contributed by atoms with E-state index in [2.05, 4.69) is 25.9 Å². The number of hydrogen-bond acceptors (Lipinski definition) is 5. The molecule has 0 bridgehead atoms. The van der Waals surface area contributed by atoms with Gasteiger partial charge in [0.05, 0.1) is 0 Å². The van der Waals surface area contributed by atoms with Crippen LogP contribution in [0.2, 0.25) is 0 Å². The summed E-state index contributed by atoms with van der Waals surface area (Å²) in [7, 11) is 0. The summed E-state index contributed by atoms with van der Waals surface area (Å²) in [5.74, 6) is 1.53. The van der Waals surface area contributed by atoms with Crippen LogP contribution in [0.3, 0.4) is 0 Å². The molecule has 0 atom stereocenters. The molecule has 0 unspecified atom stereocenters. The number of benzene rings is 1. The first-order valence-corrected chi connectivity index (χ1v) is 7.45. The lowest BCUT2D eigenvalue weighted by Gasteiger charge is -2.10. The largest absolute Gasteiger partial charge is 0.370 e. The maximum Gasteiger partial charge on any atom is 0.251 e. The smallest absolute Gasteiger partial charge is 0.251 e. The van der Waals surface area contributed by atoms with Gasteiger partial charge in [-0.05, 0) is 38.1 Å². The van der Waals surface area contributed by atoms with Gasteiger partial charge in [0, 0.05) is 31.3 Å². The van der Waals surface area contributed by atoms with Gasteiger partial charge in [-0.2, -0.15) is 0 Å². The topological polar surface area (TPSA) is 78.9 Å². The van der Waals surface area contributed by atoms with E-state index in [1.165, 1.54) is 24.3 Å². The third-order valence-electron chi connectivity index (χ3n) is 3.02. The molecule has 2 aromatic rings. The number of carbonyl (C=O) groups excluding carboxylic acids is 1. The lowest BCUT2D eigenvalue weighted by atomic mass is 10.2. The highest BCUT2D eigenvalue weighted by atomic mass is 19.1. The number of rotatable bonds is 7. The number of nitrogens with one attached hydrogen (secondary N) is 3. The highest BCUT2D eigenvalue weighted by molar-refractivity contribution is 5.94. The van der Waals surface area contributed by atoms with E-state index in [4.69, 9.17) is 0 Å².